The monoisotopic (exact) mass is 274 g/mol. The predicted molar refractivity (Wildman–Crippen MR) is 80.0 cm³/mol. The Morgan fingerprint density at radius 3 is 2.95 bits per heavy atom. The molecule has 0 saturated carbocycles. The molecular weight excluding hydrogens is 252 g/mol. The van der Waals surface area contributed by atoms with Crippen LogP contribution in [0.5, 0.6) is 5.75 Å². The number of imidazole rings is 1. The summed E-state index contributed by atoms with van der Waals surface area (Å²) in [7, 11) is 0. The molecule has 0 bridgehead atoms. The SMILES string of the molecule is CCCc1nc2ccc(OCN3CCNCC3)cc2[nH]1. The molecule has 2 heterocycles. The molecule has 0 spiro atoms. The third-order valence-corrected chi connectivity index (χ3v) is 3.61. The maximum Gasteiger partial charge on any atom is 0.142 e. The fourth-order valence-corrected chi connectivity index (χ4v) is 2.49. The Morgan fingerprint density at radius 1 is 1.30 bits per heavy atom. The van der Waals surface area contributed by atoms with Gasteiger partial charge >= 0.3 is 0 Å². The first-order valence-corrected chi connectivity index (χ1v) is 7.39. The van der Waals surface area contributed by atoms with Gasteiger partial charge in [0.15, 0.2) is 0 Å². The number of aromatic nitrogens is 2. The van der Waals surface area contributed by atoms with Gasteiger partial charge in [-0.2, -0.15) is 0 Å². The summed E-state index contributed by atoms with van der Waals surface area (Å²) in [6.07, 6.45) is 2.10. The van der Waals surface area contributed by atoms with Crippen LogP contribution in [0, 0.1) is 0 Å². The average molecular weight is 274 g/mol. The van der Waals surface area contributed by atoms with Gasteiger partial charge in [-0.15, -0.1) is 0 Å². The van der Waals surface area contributed by atoms with Gasteiger partial charge in [-0.05, 0) is 18.6 Å². The molecule has 0 amide bonds. The van der Waals surface area contributed by atoms with Gasteiger partial charge in [0, 0.05) is 38.7 Å². The number of nitrogens with zero attached hydrogens (tertiary/aromatic N) is 2. The molecule has 1 aliphatic heterocycles. The fraction of sp³-hybridized carbons (Fsp3) is 0.533. The van der Waals surface area contributed by atoms with Gasteiger partial charge in [0.1, 0.15) is 18.3 Å². The van der Waals surface area contributed by atoms with E-state index in [1.807, 2.05) is 18.2 Å². The van der Waals surface area contributed by atoms with Crippen LogP contribution in [0.4, 0.5) is 0 Å². The van der Waals surface area contributed by atoms with Gasteiger partial charge in [-0.25, -0.2) is 4.98 Å². The zero-order valence-corrected chi connectivity index (χ0v) is 12.0. The van der Waals surface area contributed by atoms with E-state index in [4.69, 9.17) is 4.74 Å². The summed E-state index contributed by atoms with van der Waals surface area (Å²) >= 11 is 0. The van der Waals surface area contributed by atoms with Gasteiger partial charge in [-0.1, -0.05) is 6.92 Å². The molecule has 1 aromatic carbocycles. The summed E-state index contributed by atoms with van der Waals surface area (Å²) in [6.45, 7) is 7.00. The maximum absolute atomic E-state index is 5.87. The molecule has 0 radical (unpaired) electrons. The van der Waals surface area contributed by atoms with Crippen LogP contribution in [-0.4, -0.2) is 47.8 Å². The first-order chi connectivity index (χ1) is 9.85. The number of ether oxygens (including phenoxy) is 1. The largest absolute Gasteiger partial charge is 0.478 e. The van der Waals surface area contributed by atoms with E-state index in [1.165, 1.54) is 0 Å². The number of aromatic amines is 1. The fourth-order valence-electron chi connectivity index (χ4n) is 2.49. The third kappa shape index (κ3) is 3.11. The van der Waals surface area contributed by atoms with Crippen molar-refractivity contribution in [3.63, 3.8) is 0 Å². The number of nitrogens with one attached hydrogen (secondary N) is 2. The summed E-state index contributed by atoms with van der Waals surface area (Å²) in [5.41, 5.74) is 2.08. The second-order valence-corrected chi connectivity index (χ2v) is 5.25. The lowest BCUT2D eigenvalue weighted by molar-refractivity contribution is 0.113. The number of rotatable bonds is 5. The van der Waals surface area contributed by atoms with E-state index in [0.717, 1.165) is 61.6 Å². The highest BCUT2D eigenvalue weighted by atomic mass is 16.5. The molecule has 2 aromatic rings. The number of hydrogen-bond donors (Lipinski definition) is 2. The average Bonchev–Trinajstić information content (AvgIpc) is 2.88. The molecule has 0 aliphatic carbocycles. The van der Waals surface area contributed by atoms with Crippen molar-refractivity contribution in [1.29, 1.82) is 0 Å². The van der Waals surface area contributed by atoms with Gasteiger partial charge in [0.25, 0.3) is 0 Å². The number of fused-ring (bicyclic) bond motifs is 1. The molecule has 5 nitrogen and oxygen atoms in total. The van der Waals surface area contributed by atoms with Crippen LogP contribution in [-0.2, 0) is 6.42 Å². The summed E-state index contributed by atoms with van der Waals surface area (Å²) in [6, 6.07) is 6.07. The van der Waals surface area contributed by atoms with Crippen molar-refractivity contribution in [1.82, 2.24) is 20.2 Å². The Labute approximate surface area is 119 Å². The van der Waals surface area contributed by atoms with Gasteiger partial charge < -0.3 is 15.0 Å². The molecule has 1 aromatic heterocycles. The summed E-state index contributed by atoms with van der Waals surface area (Å²) in [4.78, 5) is 10.2. The smallest absolute Gasteiger partial charge is 0.142 e. The lowest BCUT2D eigenvalue weighted by Gasteiger charge is -2.26. The molecule has 0 atom stereocenters. The van der Waals surface area contributed by atoms with Crippen LogP contribution in [0.1, 0.15) is 19.2 Å². The number of piperazine rings is 1. The molecule has 5 heteroatoms. The maximum atomic E-state index is 5.87. The van der Waals surface area contributed by atoms with E-state index in [1.54, 1.807) is 0 Å². The van der Waals surface area contributed by atoms with Crippen molar-refractivity contribution >= 4 is 11.0 Å². The predicted octanol–water partition coefficient (Wildman–Crippen LogP) is 1.76. The van der Waals surface area contributed by atoms with E-state index >= 15 is 0 Å². The van der Waals surface area contributed by atoms with E-state index in [0.29, 0.717) is 6.73 Å². The Bertz CT molecular complexity index is 560. The molecule has 1 saturated heterocycles. The summed E-state index contributed by atoms with van der Waals surface area (Å²) in [5.74, 6) is 1.96. The second kappa shape index (κ2) is 6.24. The Hall–Kier alpha value is -1.59. The second-order valence-electron chi connectivity index (χ2n) is 5.25. The first kappa shape index (κ1) is 13.4. The zero-order valence-electron chi connectivity index (χ0n) is 12.0. The molecule has 0 unspecified atom stereocenters. The lowest BCUT2D eigenvalue weighted by Crippen LogP contribution is -2.44. The molecule has 3 rings (SSSR count). The molecule has 1 fully saturated rings. The van der Waals surface area contributed by atoms with Crippen LogP contribution >= 0.6 is 0 Å². The number of aryl methyl sites for hydroxylation is 1. The minimum absolute atomic E-state index is 0.656. The number of hydrogen-bond acceptors (Lipinski definition) is 4. The van der Waals surface area contributed by atoms with Crippen LogP contribution in [0.2, 0.25) is 0 Å². The third-order valence-electron chi connectivity index (χ3n) is 3.61. The highest BCUT2D eigenvalue weighted by Gasteiger charge is 2.10. The number of H-pyrrole nitrogens is 1. The topological polar surface area (TPSA) is 53.2 Å². The Morgan fingerprint density at radius 2 is 2.15 bits per heavy atom. The van der Waals surface area contributed by atoms with E-state index in [9.17, 15) is 0 Å². The van der Waals surface area contributed by atoms with E-state index in [-0.39, 0.29) is 0 Å². The highest BCUT2D eigenvalue weighted by molar-refractivity contribution is 5.76. The number of benzene rings is 1. The van der Waals surface area contributed by atoms with Crippen molar-refractivity contribution in [2.75, 3.05) is 32.9 Å². The minimum atomic E-state index is 0.656. The molecule has 108 valence electrons. The van der Waals surface area contributed by atoms with Gasteiger partial charge in [0.2, 0.25) is 0 Å². The van der Waals surface area contributed by atoms with E-state index in [2.05, 4.69) is 27.1 Å². The Kier molecular flexibility index (Phi) is 4.18. The first-order valence-electron chi connectivity index (χ1n) is 7.39. The zero-order chi connectivity index (χ0) is 13.8. The van der Waals surface area contributed by atoms with Crippen molar-refractivity contribution in [3.8, 4) is 5.75 Å². The molecule has 1 aliphatic rings. The van der Waals surface area contributed by atoms with Crippen LogP contribution in [0.15, 0.2) is 18.2 Å². The molecule has 2 N–H and O–H groups in total. The van der Waals surface area contributed by atoms with Gasteiger partial charge in [0.05, 0.1) is 11.0 Å². The van der Waals surface area contributed by atoms with Crippen molar-refractivity contribution in [3.05, 3.63) is 24.0 Å². The quantitative estimate of drug-likeness (QED) is 0.872. The van der Waals surface area contributed by atoms with Crippen molar-refractivity contribution < 1.29 is 4.74 Å². The normalized spacial score (nSPS) is 16.6. The lowest BCUT2D eigenvalue weighted by atomic mass is 10.3. The minimum Gasteiger partial charge on any atom is -0.478 e. The van der Waals surface area contributed by atoms with E-state index < -0.39 is 0 Å². The highest BCUT2D eigenvalue weighted by Crippen LogP contribution is 2.19. The summed E-state index contributed by atoms with van der Waals surface area (Å²) in [5, 5.41) is 3.34. The molecule has 20 heavy (non-hydrogen) atoms. The van der Waals surface area contributed by atoms with Crippen molar-refractivity contribution in [2.45, 2.75) is 19.8 Å². The van der Waals surface area contributed by atoms with Crippen LogP contribution in [0.25, 0.3) is 11.0 Å². The standard InChI is InChI=1S/C15H22N4O/c1-2-3-15-17-13-5-4-12(10-14(13)18-15)20-11-19-8-6-16-7-9-19/h4-5,10,16H,2-3,6-9,11H2,1H3,(H,17,18). The Balaban J connectivity index is 1.65. The summed E-state index contributed by atoms with van der Waals surface area (Å²) < 4.78 is 5.87. The van der Waals surface area contributed by atoms with Crippen LogP contribution < -0.4 is 10.1 Å². The van der Waals surface area contributed by atoms with Gasteiger partial charge in [-0.3, -0.25) is 4.90 Å². The van der Waals surface area contributed by atoms with Crippen LogP contribution in [0.3, 0.4) is 0 Å². The van der Waals surface area contributed by atoms with Crippen molar-refractivity contribution in [2.24, 2.45) is 0 Å². The molecular formula is C15H22N4O.